The molecule has 0 unspecified atom stereocenters. The number of anilines is 2. The number of benzene rings is 1. The molecule has 29 heavy (non-hydrogen) atoms. The molecule has 1 aliphatic heterocycles. The molecule has 2 N–H and O–H groups in total. The zero-order chi connectivity index (χ0) is 20.9. The Bertz CT molecular complexity index is 854. The van der Waals surface area contributed by atoms with Crippen LogP contribution in [0.4, 0.5) is 29.6 Å². The first-order chi connectivity index (χ1) is 13.8. The Labute approximate surface area is 164 Å². The Balaban J connectivity index is 1.44. The van der Waals surface area contributed by atoms with Crippen molar-refractivity contribution < 1.29 is 22.8 Å². The second-order valence-electron chi connectivity index (χ2n) is 6.31. The summed E-state index contributed by atoms with van der Waals surface area (Å²) in [5.41, 5.74) is -0.852. The largest absolute Gasteiger partial charge is 0.416 e. The first-order valence-electron chi connectivity index (χ1n) is 8.85. The van der Waals surface area contributed by atoms with Crippen LogP contribution in [-0.2, 0) is 11.0 Å². The third kappa shape index (κ3) is 5.56. The molecule has 2 aromatic rings. The quantitative estimate of drug-likeness (QED) is 0.807. The van der Waals surface area contributed by atoms with Crippen LogP contribution in [0.2, 0.25) is 0 Å². The second kappa shape index (κ2) is 8.76. The average molecular weight is 408 g/mol. The van der Waals surface area contributed by atoms with E-state index in [-0.39, 0.29) is 12.2 Å². The third-order valence-electron chi connectivity index (χ3n) is 4.28. The Morgan fingerprint density at radius 3 is 2.38 bits per heavy atom. The number of hydrogen-bond donors (Lipinski definition) is 2. The van der Waals surface area contributed by atoms with Gasteiger partial charge in [0.2, 0.25) is 11.9 Å². The van der Waals surface area contributed by atoms with Gasteiger partial charge in [-0.1, -0.05) is 6.07 Å². The summed E-state index contributed by atoms with van der Waals surface area (Å²) in [6.07, 6.45) is -1.21. The maximum atomic E-state index is 12.7. The number of carbonyl (C=O) groups is 2. The summed E-state index contributed by atoms with van der Waals surface area (Å²) in [4.78, 5) is 36.0. The number of piperazine rings is 1. The van der Waals surface area contributed by atoms with E-state index >= 15 is 0 Å². The topological polar surface area (TPSA) is 90.5 Å². The summed E-state index contributed by atoms with van der Waals surface area (Å²) in [5.74, 6) is -0.0259. The van der Waals surface area contributed by atoms with Crippen molar-refractivity contribution in [3.05, 3.63) is 48.3 Å². The smallest absolute Gasteiger partial charge is 0.337 e. The fraction of sp³-hybridized carbons (Fsp3) is 0.333. The highest BCUT2D eigenvalue weighted by Crippen LogP contribution is 2.30. The van der Waals surface area contributed by atoms with Gasteiger partial charge in [-0.2, -0.15) is 13.2 Å². The van der Waals surface area contributed by atoms with E-state index in [0.717, 1.165) is 12.1 Å². The third-order valence-corrected chi connectivity index (χ3v) is 4.28. The number of alkyl halides is 3. The van der Waals surface area contributed by atoms with Crippen molar-refractivity contribution in [3.63, 3.8) is 0 Å². The van der Waals surface area contributed by atoms with Crippen LogP contribution in [-0.4, -0.2) is 59.5 Å². The first-order valence-corrected chi connectivity index (χ1v) is 8.85. The molecule has 1 fully saturated rings. The van der Waals surface area contributed by atoms with Gasteiger partial charge in [0.05, 0.1) is 12.1 Å². The van der Waals surface area contributed by atoms with Gasteiger partial charge in [0.1, 0.15) is 0 Å². The zero-order valence-corrected chi connectivity index (χ0v) is 15.3. The SMILES string of the molecule is O=C(CNC(=O)N1CCN(c2ncccn2)CC1)Nc1cccc(C(F)(F)F)c1. The van der Waals surface area contributed by atoms with E-state index in [1.54, 1.807) is 23.4 Å². The summed E-state index contributed by atoms with van der Waals surface area (Å²) in [6.45, 7) is 1.61. The van der Waals surface area contributed by atoms with E-state index in [4.69, 9.17) is 0 Å². The minimum atomic E-state index is -4.50. The fourth-order valence-corrected chi connectivity index (χ4v) is 2.81. The number of urea groups is 1. The summed E-state index contributed by atoms with van der Waals surface area (Å²) in [5, 5.41) is 4.82. The van der Waals surface area contributed by atoms with Crippen LogP contribution in [0.5, 0.6) is 0 Å². The standard InChI is InChI=1S/C18H19F3N6O2/c19-18(20,21)13-3-1-4-14(11-13)25-15(28)12-24-17(29)27-9-7-26(8-10-27)16-22-5-2-6-23-16/h1-6,11H,7-10,12H2,(H,24,29)(H,25,28). The summed E-state index contributed by atoms with van der Waals surface area (Å²) in [6, 6.07) is 5.60. The predicted molar refractivity (Wildman–Crippen MR) is 99.3 cm³/mol. The van der Waals surface area contributed by atoms with Crippen LogP contribution in [0.15, 0.2) is 42.7 Å². The lowest BCUT2D eigenvalue weighted by Gasteiger charge is -2.34. The van der Waals surface area contributed by atoms with Crippen molar-refractivity contribution >= 4 is 23.6 Å². The summed E-state index contributed by atoms with van der Waals surface area (Å²) < 4.78 is 38.1. The highest BCUT2D eigenvalue weighted by atomic mass is 19.4. The summed E-state index contributed by atoms with van der Waals surface area (Å²) >= 11 is 0. The number of rotatable bonds is 4. The number of nitrogens with one attached hydrogen (secondary N) is 2. The van der Waals surface area contributed by atoms with Crippen LogP contribution in [0.3, 0.4) is 0 Å². The van der Waals surface area contributed by atoms with Crippen LogP contribution in [0.25, 0.3) is 0 Å². The number of hydrogen-bond acceptors (Lipinski definition) is 5. The molecular formula is C18H19F3N6O2. The van der Waals surface area contributed by atoms with Crippen LogP contribution < -0.4 is 15.5 Å². The number of amides is 3. The predicted octanol–water partition coefficient (Wildman–Crippen LogP) is 1.97. The maximum absolute atomic E-state index is 12.7. The van der Waals surface area contributed by atoms with Gasteiger partial charge in [0, 0.05) is 44.3 Å². The van der Waals surface area contributed by atoms with E-state index in [2.05, 4.69) is 20.6 Å². The molecule has 154 valence electrons. The molecule has 0 radical (unpaired) electrons. The highest BCUT2D eigenvalue weighted by molar-refractivity contribution is 5.94. The molecule has 3 rings (SSSR count). The van der Waals surface area contributed by atoms with Crippen LogP contribution in [0.1, 0.15) is 5.56 Å². The summed E-state index contributed by atoms with van der Waals surface area (Å²) in [7, 11) is 0. The molecule has 1 saturated heterocycles. The molecular weight excluding hydrogens is 389 g/mol. The lowest BCUT2D eigenvalue weighted by molar-refractivity contribution is -0.137. The van der Waals surface area contributed by atoms with Gasteiger partial charge in [-0.05, 0) is 24.3 Å². The molecule has 0 bridgehead atoms. The van der Waals surface area contributed by atoms with Crippen molar-refractivity contribution in [1.82, 2.24) is 20.2 Å². The second-order valence-corrected chi connectivity index (χ2v) is 6.31. The molecule has 2 heterocycles. The van der Waals surface area contributed by atoms with Crippen molar-refractivity contribution in [2.45, 2.75) is 6.18 Å². The Kier molecular flexibility index (Phi) is 6.15. The monoisotopic (exact) mass is 408 g/mol. The Hall–Kier alpha value is -3.37. The van der Waals surface area contributed by atoms with Crippen molar-refractivity contribution in [2.75, 3.05) is 42.9 Å². The number of aromatic nitrogens is 2. The first kappa shape index (κ1) is 20.4. The maximum Gasteiger partial charge on any atom is 0.416 e. The fourth-order valence-electron chi connectivity index (χ4n) is 2.81. The Morgan fingerprint density at radius 2 is 1.72 bits per heavy atom. The van der Waals surface area contributed by atoms with Crippen LogP contribution in [0, 0.1) is 0 Å². The lowest BCUT2D eigenvalue weighted by Crippen LogP contribution is -2.53. The Morgan fingerprint density at radius 1 is 1.03 bits per heavy atom. The van der Waals surface area contributed by atoms with E-state index in [0.29, 0.717) is 32.1 Å². The minimum Gasteiger partial charge on any atom is -0.337 e. The van der Waals surface area contributed by atoms with Crippen LogP contribution >= 0.6 is 0 Å². The molecule has 3 amide bonds. The van der Waals surface area contributed by atoms with E-state index < -0.39 is 23.7 Å². The van der Waals surface area contributed by atoms with Gasteiger partial charge in [0.25, 0.3) is 0 Å². The van der Waals surface area contributed by atoms with Gasteiger partial charge in [-0.3, -0.25) is 4.79 Å². The number of nitrogens with zero attached hydrogens (tertiary/aromatic N) is 4. The normalized spacial score (nSPS) is 14.4. The van der Waals surface area contributed by atoms with E-state index in [1.165, 1.54) is 12.1 Å². The molecule has 1 aromatic carbocycles. The molecule has 1 aliphatic rings. The lowest BCUT2D eigenvalue weighted by atomic mass is 10.2. The van der Waals surface area contributed by atoms with E-state index in [1.807, 2.05) is 4.90 Å². The molecule has 8 nitrogen and oxygen atoms in total. The van der Waals surface area contributed by atoms with Gasteiger partial charge in [0.15, 0.2) is 0 Å². The molecule has 0 atom stereocenters. The zero-order valence-electron chi connectivity index (χ0n) is 15.3. The van der Waals surface area contributed by atoms with Crippen molar-refractivity contribution in [1.29, 1.82) is 0 Å². The number of carbonyl (C=O) groups excluding carboxylic acids is 2. The van der Waals surface area contributed by atoms with Gasteiger partial charge in [-0.25, -0.2) is 14.8 Å². The molecule has 1 aromatic heterocycles. The van der Waals surface area contributed by atoms with Gasteiger partial charge < -0.3 is 20.4 Å². The minimum absolute atomic E-state index is 0.00977. The van der Waals surface area contributed by atoms with Gasteiger partial charge in [-0.15, -0.1) is 0 Å². The average Bonchev–Trinajstić information content (AvgIpc) is 2.72. The highest BCUT2D eigenvalue weighted by Gasteiger charge is 2.30. The molecule has 11 heteroatoms. The van der Waals surface area contributed by atoms with Crippen molar-refractivity contribution in [3.8, 4) is 0 Å². The molecule has 0 aliphatic carbocycles. The van der Waals surface area contributed by atoms with Gasteiger partial charge >= 0.3 is 12.2 Å². The molecule has 0 spiro atoms. The molecule has 0 saturated carbocycles. The van der Waals surface area contributed by atoms with E-state index in [9.17, 15) is 22.8 Å². The van der Waals surface area contributed by atoms with Crippen molar-refractivity contribution in [2.24, 2.45) is 0 Å². The number of halogens is 3.